The third-order valence-electron chi connectivity index (χ3n) is 1.89. The largest absolute Gasteiger partial charge is 0.299 e. The molecule has 0 radical (unpaired) electrons. The first-order valence-electron chi connectivity index (χ1n) is 3.43. The summed E-state index contributed by atoms with van der Waals surface area (Å²) >= 11 is 0. The molecule has 1 aliphatic rings. The number of rotatable bonds is 2. The average molecular weight is 130 g/mol. The molecule has 52 valence electrons. The van der Waals surface area contributed by atoms with Crippen LogP contribution < -0.4 is 0 Å². The smallest absolute Gasteiger partial charge is 0.136 e. The van der Waals surface area contributed by atoms with Crippen LogP contribution in [0, 0.1) is 5.92 Å². The molecule has 0 aromatic rings. The van der Waals surface area contributed by atoms with E-state index >= 15 is 0 Å². The van der Waals surface area contributed by atoms with Gasteiger partial charge in [-0.15, -0.1) is 0 Å². The molecular weight excluding hydrogens is 119 g/mol. The lowest BCUT2D eigenvalue weighted by Gasteiger charge is -2.00. The van der Waals surface area contributed by atoms with Gasteiger partial charge in [0.1, 0.15) is 5.78 Å². The van der Waals surface area contributed by atoms with Crippen LogP contribution in [0.25, 0.3) is 0 Å². The van der Waals surface area contributed by atoms with Gasteiger partial charge in [0.25, 0.3) is 0 Å². The normalized spacial score (nSPS) is 27.2. The second-order valence-electron chi connectivity index (χ2n) is 2.53. The number of carbonyl (C=O) groups excluding carboxylic acids is 1. The number of hydrogen-bond donors (Lipinski definition) is 0. The highest BCUT2D eigenvalue weighted by atomic mass is 19.1. The van der Waals surface area contributed by atoms with E-state index in [1.165, 1.54) is 0 Å². The number of halogens is 1. The van der Waals surface area contributed by atoms with Crippen molar-refractivity contribution in [3.05, 3.63) is 0 Å². The Morgan fingerprint density at radius 1 is 1.67 bits per heavy atom. The van der Waals surface area contributed by atoms with Crippen LogP contribution in [-0.2, 0) is 4.79 Å². The van der Waals surface area contributed by atoms with Gasteiger partial charge >= 0.3 is 0 Å². The zero-order chi connectivity index (χ0) is 6.69. The van der Waals surface area contributed by atoms with E-state index in [2.05, 4.69) is 0 Å². The maximum atomic E-state index is 11.7. The van der Waals surface area contributed by atoms with Crippen LogP contribution in [0.4, 0.5) is 4.39 Å². The van der Waals surface area contributed by atoms with Gasteiger partial charge in [-0.1, -0.05) is 0 Å². The van der Waals surface area contributed by atoms with Gasteiger partial charge in [0.05, 0.1) is 6.67 Å². The first-order chi connectivity index (χ1) is 4.34. The van der Waals surface area contributed by atoms with Crippen molar-refractivity contribution in [3.8, 4) is 0 Å². The number of Topliss-reactive ketones (excluding diaryl/α,β-unsaturated/α-hetero) is 1. The first kappa shape index (κ1) is 6.72. The third kappa shape index (κ3) is 1.50. The number of ketones is 1. The molecule has 0 aliphatic heterocycles. The molecule has 1 fully saturated rings. The summed E-state index contributed by atoms with van der Waals surface area (Å²) < 4.78 is 11.7. The molecule has 0 aromatic heterocycles. The van der Waals surface area contributed by atoms with Gasteiger partial charge in [0.15, 0.2) is 0 Å². The minimum atomic E-state index is -0.337. The summed E-state index contributed by atoms with van der Waals surface area (Å²) in [6, 6.07) is 0. The number of hydrogen-bond acceptors (Lipinski definition) is 1. The minimum Gasteiger partial charge on any atom is -0.299 e. The maximum Gasteiger partial charge on any atom is 0.136 e. The fraction of sp³-hybridized carbons (Fsp3) is 0.857. The summed E-state index contributed by atoms with van der Waals surface area (Å²) in [5.41, 5.74) is 0. The van der Waals surface area contributed by atoms with Crippen LogP contribution in [-0.4, -0.2) is 12.5 Å². The molecule has 0 N–H and O–H groups in total. The van der Waals surface area contributed by atoms with Crippen LogP contribution in [0.1, 0.15) is 25.7 Å². The van der Waals surface area contributed by atoms with Crippen molar-refractivity contribution >= 4 is 5.78 Å². The average Bonchev–Trinajstić information content (AvgIpc) is 2.18. The standard InChI is InChI=1S/C7H11FO/c8-5-4-6-2-1-3-7(6)9/h6H,1-5H2. The van der Waals surface area contributed by atoms with Crippen LogP contribution in [0.3, 0.4) is 0 Å². The van der Waals surface area contributed by atoms with E-state index in [-0.39, 0.29) is 18.4 Å². The Labute approximate surface area is 54.3 Å². The summed E-state index contributed by atoms with van der Waals surface area (Å²) in [5, 5.41) is 0. The zero-order valence-electron chi connectivity index (χ0n) is 5.40. The monoisotopic (exact) mass is 130 g/mol. The Bertz CT molecular complexity index is 111. The number of carbonyl (C=O) groups is 1. The topological polar surface area (TPSA) is 17.1 Å². The summed E-state index contributed by atoms with van der Waals surface area (Å²) in [6.07, 6.45) is 3.04. The molecule has 9 heavy (non-hydrogen) atoms. The van der Waals surface area contributed by atoms with Crippen molar-refractivity contribution in [1.82, 2.24) is 0 Å². The Morgan fingerprint density at radius 3 is 2.89 bits per heavy atom. The molecule has 0 bridgehead atoms. The van der Waals surface area contributed by atoms with E-state index in [4.69, 9.17) is 0 Å². The van der Waals surface area contributed by atoms with Gasteiger partial charge < -0.3 is 0 Å². The fourth-order valence-electron chi connectivity index (χ4n) is 1.32. The lowest BCUT2D eigenvalue weighted by Crippen LogP contribution is -2.06. The van der Waals surface area contributed by atoms with Crippen molar-refractivity contribution in [2.75, 3.05) is 6.67 Å². The Balaban J connectivity index is 2.31. The van der Waals surface area contributed by atoms with Crippen molar-refractivity contribution in [1.29, 1.82) is 0 Å². The molecular formula is C7H11FO. The molecule has 1 rings (SSSR count). The van der Waals surface area contributed by atoms with E-state index in [1.54, 1.807) is 0 Å². The second-order valence-corrected chi connectivity index (χ2v) is 2.53. The molecule has 1 nitrogen and oxygen atoms in total. The minimum absolute atomic E-state index is 0.0648. The summed E-state index contributed by atoms with van der Waals surface area (Å²) in [5.74, 6) is 0.336. The third-order valence-corrected chi connectivity index (χ3v) is 1.89. The molecule has 2 heteroatoms. The molecule has 1 saturated carbocycles. The van der Waals surface area contributed by atoms with E-state index < -0.39 is 0 Å². The van der Waals surface area contributed by atoms with Crippen LogP contribution >= 0.6 is 0 Å². The first-order valence-corrected chi connectivity index (χ1v) is 3.43. The van der Waals surface area contributed by atoms with Crippen molar-refractivity contribution in [3.63, 3.8) is 0 Å². The predicted molar refractivity (Wildman–Crippen MR) is 32.9 cm³/mol. The predicted octanol–water partition coefficient (Wildman–Crippen LogP) is 1.72. The van der Waals surface area contributed by atoms with Gasteiger partial charge in [-0.3, -0.25) is 9.18 Å². The lowest BCUT2D eigenvalue weighted by atomic mass is 10.0. The van der Waals surface area contributed by atoms with E-state index in [1.807, 2.05) is 0 Å². The Morgan fingerprint density at radius 2 is 2.44 bits per heavy atom. The van der Waals surface area contributed by atoms with E-state index in [9.17, 15) is 9.18 Å². The SMILES string of the molecule is O=C1CCCC1CCF. The molecule has 0 saturated heterocycles. The van der Waals surface area contributed by atoms with Gasteiger partial charge in [-0.05, 0) is 19.3 Å². The molecule has 1 atom stereocenters. The highest BCUT2D eigenvalue weighted by Gasteiger charge is 2.23. The van der Waals surface area contributed by atoms with Gasteiger partial charge in [-0.2, -0.15) is 0 Å². The van der Waals surface area contributed by atoms with Crippen molar-refractivity contribution < 1.29 is 9.18 Å². The molecule has 0 spiro atoms. The maximum absolute atomic E-state index is 11.7. The molecule has 0 aromatic carbocycles. The summed E-state index contributed by atoms with van der Waals surface area (Å²) in [7, 11) is 0. The second kappa shape index (κ2) is 2.95. The molecule has 1 aliphatic carbocycles. The lowest BCUT2D eigenvalue weighted by molar-refractivity contribution is -0.120. The fourth-order valence-corrected chi connectivity index (χ4v) is 1.32. The molecule has 1 unspecified atom stereocenters. The Kier molecular flexibility index (Phi) is 2.20. The van der Waals surface area contributed by atoms with Crippen LogP contribution in [0.5, 0.6) is 0 Å². The summed E-state index contributed by atoms with van der Waals surface area (Å²) in [4.78, 5) is 10.8. The van der Waals surface area contributed by atoms with Gasteiger partial charge in [-0.25, -0.2) is 0 Å². The van der Waals surface area contributed by atoms with E-state index in [0.717, 1.165) is 12.8 Å². The van der Waals surface area contributed by atoms with Crippen LogP contribution in [0.2, 0.25) is 0 Å². The quantitative estimate of drug-likeness (QED) is 0.556. The van der Waals surface area contributed by atoms with Crippen LogP contribution in [0.15, 0.2) is 0 Å². The van der Waals surface area contributed by atoms with Gasteiger partial charge in [0.2, 0.25) is 0 Å². The summed E-state index contributed by atoms with van der Waals surface area (Å²) in [6.45, 7) is -0.337. The van der Waals surface area contributed by atoms with Crippen molar-refractivity contribution in [2.24, 2.45) is 5.92 Å². The zero-order valence-corrected chi connectivity index (χ0v) is 5.40. The van der Waals surface area contributed by atoms with Gasteiger partial charge in [0, 0.05) is 12.3 Å². The Hall–Kier alpha value is -0.400. The highest BCUT2D eigenvalue weighted by Crippen LogP contribution is 2.23. The number of alkyl halides is 1. The van der Waals surface area contributed by atoms with E-state index in [0.29, 0.717) is 12.8 Å². The molecule has 0 heterocycles. The highest BCUT2D eigenvalue weighted by molar-refractivity contribution is 5.82. The van der Waals surface area contributed by atoms with Crippen molar-refractivity contribution in [2.45, 2.75) is 25.7 Å². The molecule has 0 amide bonds.